The van der Waals surface area contributed by atoms with Crippen molar-refractivity contribution in [3.63, 3.8) is 0 Å². The minimum Gasteiger partial charge on any atom is -0.374 e. The molecule has 0 bridgehead atoms. The zero-order valence-electron chi connectivity index (χ0n) is 8.85. The molecule has 0 radical (unpaired) electrons. The Bertz CT molecular complexity index is 370. The van der Waals surface area contributed by atoms with Crippen LogP contribution in [0.4, 0.5) is 11.5 Å². The molecule has 2 rings (SSSR count). The molecule has 0 aliphatic heterocycles. The Morgan fingerprint density at radius 3 is 2.81 bits per heavy atom. The van der Waals surface area contributed by atoms with Crippen molar-refractivity contribution in [3.05, 3.63) is 16.3 Å². The number of anilines is 1. The summed E-state index contributed by atoms with van der Waals surface area (Å²) in [6.45, 7) is 0. The smallest absolute Gasteiger partial charge is 0.366 e. The van der Waals surface area contributed by atoms with E-state index in [2.05, 4.69) is 15.5 Å². The Morgan fingerprint density at radius 2 is 2.19 bits per heavy atom. The summed E-state index contributed by atoms with van der Waals surface area (Å²) < 4.78 is 0. The zero-order valence-corrected chi connectivity index (χ0v) is 8.85. The SMILES string of the molecule is NC1CCC(Nc2cn[nH]c2[N+](=O)[O-])CC1. The molecule has 1 aromatic heterocycles. The molecule has 16 heavy (non-hydrogen) atoms. The van der Waals surface area contributed by atoms with Gasteiger partial charge in [-0.1, -0.05) is 5.10 Å². The lowest BCUT2D eigenvalue weighted by Gasteiger charge is -2.26. The number of nitro groups is 1. The van der Waals surface area contributed by atoms with E-state index in [0.29, 0.717) is 5.69 Å². The first-order valence-corrected chi connectivity index (χ1v) is 5.36. The second kappa shape index (κ2) is 4.48. The molecule has 1 aliphatic carbocycles. The van der Waals surface area contributed by atoms with E-state index in [-0.39, 0.29) is 17.9 Å². The molecule has 4 N–H and O–H groups in total. The van der Waals surface area contributed by atoms with Crippen LogP contribution in [0.25, 0.3) is 0 Å². The fraction of sp³-hybridized carbons (Fsp3) is 0.667. The van der Waals surface area contributed by atoms with Crippen molar-refractivity contribution in [3.8, 4) is 0 Å². The number of aromatic nitrogens is 2. The van der Waals surface area contributed by atoms with Gasteiger partial charge < -0.3 is 21.2 Å². The third-order valence-corrected chi connectivity index (χ3v) is 2.93. The van der Waals surface area contributed by atoms with Crippen LogP contribution < -0.4 is 11.1 Å². The molecule has 0 amide bonds. The molecule has 0 unspecified atom stereocenters. The van der Waals surface area contributed by atoms with E-state index < -0.39 is 4.92 Å². The van der Waals surface area contributed by atoms with Gasteiger partial charge in [0.1, 0.15) is 6.20 Å². The third kappa shape index (κ3) is 2.30. The summed E-state index contributed by atoms with van der Waals surface area (Å²) in [5.41, 5.74) is 6.26. The summed E-state index contributed by atoms with van der Waals surface area (Å²) in [5, 5.41) is 19.8. The molecule has 88 valence electrons. The van der Waals surface area contributed by atoms with E-state index in [1.165, 1.54) is 6.20 Å². The molecule has 0 aromatic carbocycles. The largest absolute Gasteiger partial charge is 0.374 e. The zero-order chi connectivity index (χ0) is 11.5. The summed E-state index contributed by atoms with van der Waals surface area (Å²) in [6.07, 6.45) is 5.27. The lowest BCUT2D eigenvalue weighted by atomic mass is 9.92. The van der Waals surface area contributed by atoms with Gasteiger partial charge in [0.25, 0.3) is 0 Å². The van der Waals surface area contributed by atoms with E-state index in [4.69, 9.17) is 5.73 Å². The molecule has 7 heteroatoms. The first-order valence-electron chi connectivity index (χ1n) is 5.36. The Hall–Kier alpha value is -1.63. The third-order valence-electron chi connectivity index (χ3n) is 2.93. The number of hydrogen-bond donors (Lipinski definition) is 3. The van der Waals surface area contributed by atoms with E-state index in [1.807, 2.05) is 0 Å². The van der Waals surface area contributed by atoms with Gasteiger partial charge in [-0.3, -0.25) is 0 Å². The summed E-state index contributed by atoms with van der Waals surface area (Å²) in [5.74, 6) is -0.0742. The van der Waals surface area contributed by atoms with E-state index in [1.54, 1.807) is 0 Å². The number of nitrogens with one attached hydrogen (secondary N) is 2. The van der Waals surface area contributed by atoms with Crippen LogP contribution in [0.3, 0.4) is 0 Å². The van der Waals surface area contributed by atoms with Crippen LogP contribution in [-0.2, 0) is 0 Å². The van der Waals surface area contributed by atoms with Crippen LogP contribution in [0.2, 0.25) is 0 Å². The number of nitrogens with two attached hydrogens (primary N) is 1. The number of hydrogen-bond acceptors (Lipinski definition) is 5. The molecule has 1 heterocycles. The highest BCUT2D eigenvalue weighted by Crippen LogP contribution is 2.25. The standard InChI is InChI=1S/C9H15N5O2/c10-6-1-3-7(4-2-6)12-8-5-11-13-9(8)14(15)16/h5-7,12H,1-4,10H2,(H,11,13). The highest BCUT2D eigenvalue weighted by molar-refractivity contribution is 5.56. The number of rotatable bonds is 3. The topological polar surface area (TPSA) is 110 Å². The Kier molecular flexibility index (Phi) is 3.04. The summed E-state index contributed by atoms with van der Waals surface area (Å²) in [7, 11) is 0. The number of H-pyrrole nitrogens is 1. The molecule has 1 fully saturated rings. The maximum Gasteiger partial charge on any atom is 0.366 e. The van der Waals surface area contributed by atoms with Crippen molar-refractivity contribution in [1.82, 2.24) is 10.2 Å². The lowest BCUT2D eigenvalue weighted by Crippen LogP contribution is -2.32. The van der Waals surface area contributed by atoms with Crippen LogP contribution in [-0.4, -0.2) is 27.2 Å². The maximum atomic E-state index is 10.7. The average molecular weight is 225 g/mol. The average Bonchev–Trinajstić information content (AvgIpc) is 2.69. The second-order valence-electron chi connectivity index (χ2n) is 4.15. The first kappa shape index (κ1) is 10.9. The van der Waals surface area contributed by atoms with Gasteiger partial charge in [-0.05, 0) is 30.6 Å². The highest BCUT2D eigenvalue weighted by Gasteiger charge is 2.22. The highest BCUT2D eigenvalue weighted by atomic mass is 16.6. The molecular formula is C9H15N5O2. The molecular weight excluding hydrogens is 210 g/mol. The molecule has 0 atom stereocenters. The van der Waals surface area contributed by atoms with Gasteiger partial charge in [0.2, 0.25) is 0 Å². The molecule has 7 nitrogen and oxygen atoms in total. The van der Waals surface area contributed by atoms with Crippen molar-refractivity contribution in [2.75, 3.05) is 5.32 Å². The predicted octanol–water partition coefficient (Wildman–Crippen LogP) is 1.000. The van der Waals surface area contributed by atoms with Crippen LogP contribution >= 0.6 is 0 Å². The molecule has 1 saturated carbocycles. The fourth-order valence-electron chi connectivity index (χ4n) is 2.01. The van der Waals surface area contributed by atoms with Gasteiger partial charge in [0.05, 0.1) is 0 Å². The Labute approximate surface area is 92.6 Å². The van der Waals surface area contributed by atoms with Crippen molar-refractivity contribution in [1.29, 1.82) is 0 Å². The van der Waals surface area contributed by atoms with Gasteiger partial charge in [-0.2, -0.15) is 0 Å². The van der Waals surface area contributed by atoms with Gasteiger partial charge in [0, 0.05) is 12.1 Å². The minimum atomic E-state index is -0.468. The molecule has 0 spiro atoms. The van der Waals surface area contributed by atoms with E-state index in [9.17, 15) is 10.1 Å². The van der Waals surface area contributed by atoms with Crippen LogP contribution in [0, 0.1) is 10.1 Å². The van der Waals surface area contributed by atoms with Crippen LogP contribution in [0.1, 0.15) is 25.7 Å². The first-order chi connectivity index (χ1) is 7.66. The minimum absolute atomic E-state index is 0.0742. The summed E-state index contributed by atoms with van der Waals surface area (Å²) in [6, 6.07) is 0.536. The molecule has 0 saturated heterocycles. The predicted molar refractivity (Wildman–Crippen MR) is 59.1 cm³/mol. The molecule has 1 aromatic rings. The lowest BCUT2D eigenvalue weighted by molar-refractivity contribution is -0.388. The van der Waals surface area contributed by atoms with Gasteiger partial charge in [0.15, 0.2) is 5.69 Å². The van der Waals surface area contributed by atoms with Crippen molar-refractivity contribution >= 4 is 11.5 Å². The quantitative estimate of drug-likeness (QED) is 0.525. The van der Waals surface area contributed by atoms with E-state index >= 15 is 0 Å². The summed E-state index contributed by atoms with van der Waals surface area (Å²) in [4.78, 5) is 10.2. The maximum absolute atomic E-state index is 10.7. The molecule has 1 aliphatic rings. The van der Waals surface area contributed by atoms with E-state index in [0.717, 1.165) is 25.7 Å². The van der Waals surface area contributed by atoms with Crippen molar-refractivity contribution in [2.45, 2.75) is 37.8 Å². The van der Waals surface area contributed by atoms with Crippen LogP contribution in [0.5, 0.6) is 0 Å². The normalized spacial score (nSPS) is 25.3. The van der Waals surface area contributed by atoms with Gasteiger partial charge >= 0.3 is 5.82 Å². The monoisotopic (exact) mass is 225 g/mol. The van der Waals surface area contributed by atoms with Crippen molar-refractivity contribution < 1.29 is 4.92 Å². The number of nitrogens with zero attached hydrogens (tertiary/aromatic N) is 2. The van der Waals surface area contributed by atoms with Crippen LogP contribution in [0.15, 0.2) is 6.20 Å². The Morgan fingerprint density at radius 1 is 1.50 bits per heavy atom. The number of aromatic amines is 1. The summed E-state index contributed by atoms with van der Waals surface area (Å²) >= 11 is 0. The van der Waals surface area contributed by atoms with Crippen molar-refractivity contribution in [2.24, 2.45) is 5.73 Å². The van der Waals surface area contributed by atoms with Gasteiger partial charge in [-0.25, -0.2) is 0 Å². The Balaban J connectivity index is 1.98. The van der Waals surface area contributed by atoms with Gasteiger partial charge in [-0.15, -0.1) is 5.10 Å². The fourth-order valence-corrected chi connectivity index (χ4v) is 2.01. The second-order valence-corrected chi connectivity index (χ2v) is 4.15.